The average Bonchev–Trinajstić information content (AvgIpc) is 3.16. The average molecular weight is 476 g/mol. The maximum atomic E-state index is 13.2. The van der Waals surface area contributed by atoms with E-state index in [1.807, 2.05) is 72.8 Å². The molecule has 0 bridgehead atoms. The fourth-order valence-corrected chi connectivity index (χ4v) is 5.44. The van der Waals surface area contributed by atoms with E-state index < -0.39 is 0 Å². The highest BCUT2D eigenvalue weighted by Crippen LogP contribution is 2.36. The van der Waals surface area contributed by atoms with Gasteiger partial charge in [0.25, 0.3) is 11.1 Å². The lowest BCUT2D eigenvalue weighted by molar-refractivity contribution is -0.123. The monoisotopic (exact) mass is 475 g/mol. The summed E-state index contributed by atoms with van der Waals surface area (Å²) in [5.41, 5.74) is 0.955. The molecule has 0 N–H and O–H groups in total. The first-order valence-electron chi connectivity index (χ1n) is 11.5. The smallest absolute Gasteiger partial charge is 0.293 e. The fourth-order valence-electron chi connectivity index (χ4n) is 4.60. The first-order valence-corrected chi connectivity index (χ1v) is 12.3. The third-order valence-electron chi connectivity index (χ3n) is 6.28. The molecule has 5 aromatic rings. The van der Waals surface area contributed by atoms with E-state index >= 15 is 0 Å². The molecule has 5 heteroatoms. The minimum atomic E-state index is -0.279. The Labute approximate surface area is 206 Å². The van der Waals surface area contributed by atoms with E-state index in [2.05, 4.69) is 30.3 Å². The van der Waals surface area contributed by atoms with Crippen LogP contribution in [0.5, 0.6) is 5.75 Å². The van der Waals surface area contributed by atoms with Crippen molar-refractivity contribution in [1.82, 2.24) is 4.90 Å². The van der Waals surface area contributed by atoms with Crippen LogP contribution in [0, 0.1) is 0 Å². The second-order valence-electron chi connectivity index (χ2n) is 8.39. The Morgan fingerprint density at radius 2 is 1.31 bits per heavy atom. The molecule has 6 rings (SSSR count). The summed E-state index contributed by atoms with van der Waals surface area (Å²) in [6.07, 6.45) is 1.86. The van der Waals surface area contributed by atoms with Gasteiger partial charge < -0.3 is 4.74 Å². The summed E-state index contributed by atoms with van der Waals surface area (Å²) in [4.78, 5) is 27.7. The lowest BCUT2D eigenvalue weighted by atomic mass is 9.96. The van der Waals surface area contributed by atoms with Gasteiger partial charge in [-0.2, -0.15) is 0 Å². The molecule has 1 fully saturated rings. The van der Waals surface area contributed by atoms with E-state index in [0.29, 0.717) is 4.91 Å². The summed E-state index contributed by atoms with van der Waals surface area (Å²) < 4.78 is 5.97. The molecule has 0 aliphatic carbocycles. The zero-order valence-corrected chi connectivity index (χ0v) is 19.6. The van der Waals surface area contributed by atoms with E-state index in [-0.39, 0.29) is 24.3 Å². The molecule has 1 aliphatic rings. The number of fused-ring (bicyclic) bond motifs is 3. The van der Waals surface area contributed by atoms with Crippen molar-refractivity contribution in [2.75, 3.05) is 13.2 Å². The number of benzene rings is 5. The van der Waals surface area contributed by atoms with E-state index in [0.717, 1.165) is 55.4 Å². The quantitative estimate of drug-likeness (QED) is 0.198. The SMILES string of the molecule is O=C1S/C(=C\c2c3ccccc3cc3ccccc23)C(=O)N1CCOc1cccc2ccccc12. The highest BCUT2D eigenvalue weighted by atomic mass is 32.2. The fraction of sp³-hybridized carbons (Fsp3) is 0.0667. The molecule has 0 unspecified atom stereocenters. The van der Waals surface area contributed by atoms with Gasteiger partial charge in [-0.1, -0.05) is 84.9 Å². The molecule has 35 heavy (non-hydrogen) atoms. The number of carbonyl (C=O) groups excluding carboxylic acids is 2. The van der Waals surface area contributed by atoms with Gasteiger partial charge in [-0.15, -0.1) is 0 Å². The van der Waals surface area contributed by atoms with Crippen molar-refractivity contribution >= 4 is 61.3 Å². The number of nitrogens with zero attached hydrogens (tertiary/aromatic N) is 1. The topological polar surface area (TPSA) is 46.6 Å². The Balaban J connectivity index is 1.27. The molecule has 1 aliphatic heterocycles. The molecule has 170 valence electrons. The normalized spacial score (nSPS) is 15.1. The van der Waals surface area contributed by atoms with Crippen LogP contribution in [0.15, 0.2) is 102 Å². The first kappa shape index (κ1) is 21.4. The molecule has 5 aromatic carbocycles. The molecule has 2 amide bonds. The number of hydrogen-bond donors (Lipinski definition) is 0. The number of thioether (sulfide) groups is 1. The summed E-state index contributed by atoms with van der Waals surface area (Å²) in [7, 11) is 0. The number of carbonyl (C=O) groups is 2. The van der Waals surface area contributed by atoms with Crippen LogP contribution in [0.4, 0.5) is 4.79 Å². The maximum absolute atomic E-state index is 13.2. The summed E-state index contributed by atoms with van der Waals surface area (Å²) in [5.74, 6) is 0.464. The van der Waals surface area contributed by atoms with Crippen molar-refractivity contribution < 1.29 is 14.3 Å². The number of hydrogen-bond acceptors (Lipinski definition) is 4. The zero-order valence-electron chi connectivity index (χ0n) is 18.8. The van der Waals surface area contributed by atoms with Gasteiger partial charge >= 0.3 is 0 Å². The second-order valence-corrected chi connectivity index (χ2v) is 9.38. The lowest BCUT2D eigenvalue weighted by Gasteiger charge is -2.14. The van der Waals surface area contributed by atoms with Crippen LogP contribution in [0.25, 0.3) is 38.4 Å². The Bertz CT molecular complexity index is 1600. The van der Waals surface area contributed by atoms with E-state index in [4.69, 9.17) is 4.74 Å². The van der Waals surface area contributed by atoms with Gasteiger partial charge in [-0.3, -0.25) is 14.5 Å². The Hall–Kier alpha value is -4.09. The summed E-state index contributed by atoms with van der Waals surface area (Å²) in [6, 6.07) is 32.2. The van der Waals surface area contributed by atoms with Gasteiger partial charge in [0.05, 0.1) is 11.4 Å². The van der Waals surface area contributed by atoms with Crippen molar-refractivity contribution in [3.8, 4) is 5.75 Å². The van der Waals surface area contributed by atoms with Gasteiger partial charge in [-0.25, -0.2) is 0 Å². The predicted octanol–water partition coefficient (Wildman–Crippen LogP) is 7.26. The van der Waals surface area contributed by atoms with Crippen LogP contribution in [-0.4, -0.2) is 29.2 Å². The molecule has 4 nitrogen and oxygen atoms in total. The molecule has 1 heterocycles. The number of rotatable bonds is 5. The molecule has 0 spiro atoms. The van der Waals surface area contributed by atoms with Crippen LogP contribution < -0.4 is 4.74 Å². The third kappa shape index (κ3) is 3.94. The molecular formula is C30H21NO3S. The standard InChI is InChI=1S/C30H21NO3S/c32-29-28(19-26-23-12-4-2-9-21(23)18-22-10-3-5-13-24(22)26)35-30(33)31(29)16-17-34-27-15-7-11-20-8-1-6-14-25(20)27/h1-15,18-19H,16-17H2/b28-19-. The van der Waals surface area contributed by atoms with Crippen LogP contribution in [0.2, 0.25) is 0 Å². The van der Waals surface area contributed by atoms with Crippen LogP contribution in [0.1, 0.15) is 5.56 Å². The Morgan fingerprint density at radius 3 is 2.03 bits per heavy atom. The predicted molar refractivity (Wildman–Crippen MR) is 144 cm³/mol. The molecular weight excluding hydrogens is 454 g/mol. The summed E-state index contributed by atoms with van der Waals surface area (Å²) >= 11 is 0.986. The minimum absolute atomic E-state index is 0.196. The van der Waals surface area contributed by atoms with E-state index in [9.17, 15) is 9.59 Å². The van der Waals surface area contributed by atoms with Gasteiger partial charge in [0.2, 0.25) is 0 Å². The largest absolute Gasteiger partial charge is 0.491 e. The van der Waals surface area contributed by atoms with Crippen molar-refractivity contribution in [1.29, 1.82) is 0 Å². The molecule has 0 radical (unpaired) electrons. The molecule has 0 atom stereocenters. The Kier molecular flexibility index (Phi) is 5.47. The van der Waals surface area contributed by atoms with Gasteiger partial charge in [0, 0.05) is 5.39 Å². The number of imide groups is 1. The number of ether oxygens (including phenoxy) is 1. The summed E-state index contributed by atoms with van der Waals surface area (Å²) in [6.45, 7) is 0.429. The lowest BCUT2D eigenvalue weighted by Crippen LogP contribution is -2.32. The third-order valence-corrected chi connectivity index (χ3v) is 7.19. The van der Waals surface area contributed by atoms with Crippen LogP contribution in [-0.2, 0) is 4.79 Å². The van der Waals surface area contributed by atoms with E-state index in [1.165, 1.54) is 4.90 Å². The molecule has 1 saturated heterocycles. The van der Waals surface area contributed by atoms with Crippen LogP contribution in [0.3, 0.4) is 0 Å². The second kappa shape index (κ2) is 8.93. The highest BCUT2D eigenvalue weighted by Gasteiger charge is 2.35. The Morgan fingerprint density at radius 1 is 0.714 bits per heavy atom. The maximum Gasteiger partial charge on any atom is 0.293 e. The highest BCUT2D eigenvalue weighted by molar-refractivity contribution is 8.18. The van der Waals surface area contributed by atoms with Gasteiger partial charge in [0.15, 0.2) is 0 Å². The zero-order chi connectivity index (χ0) is 23.8. The van der Waals surface area contributed by atoms with Crippen molar-refractivity contribution in [3.63, 3.8) is 0 Å². The van der Waals surface area contributed by atoms with Crippen molar-refractivity contribution in [2.24, 2.45) is 0 Å². The van der Waals surface area contributed by atoms with E-state index in [1.54, 1.807) is 0 Å². The van der Waals surface area contributed by atoms with Gasteiger partial charge in [0.1, 0.15) is 12.4 Å². The summed E-state index contributed by atoms with van der Waals surface area (Å²) in [5, 5.41) is 6.12. The number of amides is 2. The minimum Gasteiger partial charge on any atom is -0.491 e. The molecule has 0 saturated carbocycles. The van der Waals surface area contributed by atoms with Crippen molar-refractivity contribution in [2.45, 2.75) is 0 Å². The molecule has 0 aromatic heterocycles. The van der Waals surface area contributed by atoms with Crippen molar-refractivity contribution in [3.05, 3.63) is 108 Å². The van der Waals surface area contributed by atoms with Gasteiger partial charge in [-0.05, 0) is 62.5 Å². The van der Waals surface area contributed by atoms with Crippen LogP contribution >= 0.6 is 11.8 Å². The first-order chi connectivity index (χ1) is 17.2.